The van der Waals surface area contributed by atoms with Crippen LogP contribution in [0.4, 0.5) is 0 Å². The Balaban J connectivity index is 2.01. The minimum Gasteiger partial charge on any atom is -0.381 e. The fraction of sp³-hybridized carbons (Fsp3) is 0.600. The lowest BCUT2D eigenvalue weighted by atomic mass is 10.2. The zero-order chi connectivity index (χ0) is 14.4. The number of fused-ring (bicyclic) bond motifs is 1. The third-order valence-electron chi connectivity index (χ3n) is 3.02. The van der Waals surface area contributed by atoms with E-state index in [4.69, 9.17) is 16.3 Å². The van der Waals surface area contributed by atoms with E-state index in [0.717, 1.165) is 49.6 Å². The first kappa shape index (κ1) is 15.3. The third kappa shape index (κ3) is 3.93. The Bertz CT molecular complexity index is 539. The molecular formula is C15H22ClN3O. The Morgan fingerprint density at radius 3 is 3.00 bits per heavy atom. The molecule has 0 aromatic carbocycles. The van der Waals surface area contributed by atoms with E-state index in [1.807, 2.05) is 12.1 Å². The predicted octanol–water partition coefficient (Wildman–Crippen LogP) is 3.28. The molecular weight excluding hydrogens is 274 g/mol. The Morgan fingerprint density at radius 1 is 1.40 bits per heavy atom. The molecule has 2 heterocycles. The quantitative estimate of drug-likeness (QED) is 0.554. The van der Waals surface area contributed by atoms with Crippen molar-refractivity contribution >= 4 is 22.8 Å². The van der Waals surface area contributed by atoms with Crippen molar-refractivity contribution in [2.24, 2.45) is 5.92 Å². The number of hydrogen-bond donors (Lipinski definition) is 0. The second-order valence-electron chi connectivity index (χ2n) is 5.29. The van der Waals surface area contributed by atoms with E-state index >= 15 is 0 Å². The summed E-state index contributed by atoms with van der Waals surface area (Å²) < 4.78 is 7.79. The second-order valence-corrected chi connectivity index (χ2v) is 5.67. The standard InChI is InChI=1S/C15H22ClN3O/c1-12(2)11-20-10-4-9-19-14(6-7-16)18-13-5-3-8-17-15(13)19/h3,5,8,12H,4,6-7,9-11H2,1-2H3. The summed E-state index contributed by atoms with van der Waals surface area (Å²) in [6.45, 7) is 6.78. The van der Waals surface area contributed by atoms with E-state index in [1.54, 1.807) is 6.20 Å². The van der Waals surface area contributed by atoms with Crippen molar-refractivity contribution in [3.8, 4) is 0 Å². The summed E-state index contributed by atoms with van der Waals surface area (Å²) in [5.74, 6) is 2.17. The van der Waals surface area contributed by atoms with E-state index in [1.165, 1.54) is 0 Å². The number of rotatable bonds is 8. The predicted molar refractivity (Wildman–Crippen MR) is 82.2 cm³/mol. The Kier molecular flexibility index (Phi) is 5.80. The number of halogens is 1. The van der Waals surface area contributed by atoms with Crippen LogP contribution >= 0.6 is 11.6 Å². The second kappa shape index (κ2) is 7.60. The average Bonchev–Trinajstić information content (AvgIpc) is 2.76. The van der Waals surface area contributed by atoms with Gasteiger partial charge in [-0.2, -0.15) is 0 Å². The van der Waals surface area contributed by atoms with E-state index in [0.29, 0.717) is 11.8 Å². The molecule has 0 saturated carbocycles. The highest BCUT2D eigenvalue weighted by Gasteiger charge is 2.10. The number of hydrogen-bond acceptors (Lipinski definition) is 3. The molecule has 5 heteroatoms. The van der Waals surface area contributed by atoms with Gasteiger partial charge < -0.3 is 9.30 Å². The molecule has 0 bridgehead atoms. The van der Waals surface area contributed by atoms with Gasteiger partial charge >= 0.3 is 0 Å². The van der Waals surface area contributed by atoms with Gasteiger partial charge in [-0.1, -0.05) is 13.8 Å². The lowest BCUT2D eigenvalue weighted by molar-refractivity contribution is 0.105. The summed E-state index contributed by atoms with van der Waals surface area (Å²) in [5, 5.41) is 0. The molecule has 2 aromatic heterocycles. The maximum Gasteiger partial charge on any atom is 0.159 e. The highest BCUT2D eigenvalue weighted by molar-refractivity contribution is 6.17. The van der Waals surface area contributed by atoms with E-state index < -0.39 is 0 Å². The van der Waals surface area contributed by atoms with Gasteiger partial charge in [-0.3, -0.25) is 0 Å². The first-order valence-electron chi connectivity index (χ1n) is 7.16. The zero-order valence-corrected chi connectivity index (χ0v) is 12.9. The van der Waals surface area contributed by atoms with Gasteiger partial charge in [-0.15, -0.1) is 11.6 Å². The van der Waals surface area contributed by atoms with Crippen molar-refractivity contribution < 1.29 is 4.74 Å². The first-order valence-corrected chi connectivity index (χ1v) is 7.69. The maximum atomic E-state index is 5.86. The Labute approximate surface area is 125 Å². The smallest absolute Gasteiger partial charge is 0.159 e. The van der Waals surface area contributed by atoms with Gasteiger partial charge in [-0.25, -0.2) is 9.97 Å². The minimum absolute atomic E-state index is 0.577. The molecule has 0 spiro atoms. The minimum atomic E-state index is 0.577. The summed E-state index contributed by atoms with van der Waals surface area (Å²) >= 11 is 5.86. The molecule has 0 aliphatic rings. The fourth-order valence-electron chi connectivity index (χ4n) is 2.16. The molecule has 4 nitrogen and oxygen atoms in total. The van der Waals surface area contributed by atoms with Gasteiger partial charge in [-0.05, 0) is 24.5 Å². The fourth-order valence-corrected chi connectivity index (χ4v) is 2.33. The van der Waals surface area contributed by atoms with Crippen LogP contribution in [0.5, 0.6) is 0 Å². The van der Waals surface area contributed by atoms with Gasteiger partial charge in [0.1, 0.15) is 11.3 Å². The number of ether oxygens (including phenoxy) is 1. The average molecular weight is 296 g/mol. The van der Waals surface area contributed by atoms with Crippen LogP contribution in [-0.2, 0) is 17.7 Å². The molecule has 0 fully saturated rings. The maximum absolute atomic E-state index is 5.86. The number of imidazole rings is 1. The van der Waals surface area contributed by atoms with Gasteiger partial charge in [0, 0.05) is 38.3 Å². The van der Waals surface area contributed by atoms with Crippen LogP contribution in [-0.4, -0.2) is 33.6 Å². The van der Waals surface area contributed by atoms with Gasteiger partial charge in [0.15, 0.2) is 5.65 Å². The molecule has 110 valence electrons. The highest BCUT2D eigenvalue weighted by Crippen LogP contribution is 2.15. The normalized spacial score (nSPS) is 11.6. The summed E-state index contributed by atoms with van der Waals surface area (Å²) in [5.41, 5.74) is 1.88. The van der Waals surface area contributed by atoms with Crippen molar-refractivity contribution in [1.29, 1.82) is 0 Å². The van der Waals surface area contributed by atoms with Crippen molar-refractivity contribution in [1.82, 2.24) is 14.5 Å². The lowest BCUT2D eigenvalue weighted by Gasteiger charge is -2.09. The molecule has 0 atom stereocenters. The van der Waals surface area contributed by atoms with Crippen molar-refractivity contribution in [2.75, 3.05) is 19.1 Å². The molecule has 0 unspecified atom stereocenters. The van der Waals surface area contributed by atoms with Crippen LogP contribution in [0.2, 0.25) is 0 Å². The molecule has 20 heavy (non-hydrogen) atoms. The summed E-state index contributed by atoms with van der Waals surface area (Å²) in [6, 6.07) is 3.90. The molecule has 0 saturated heterocycles. The number of aromatic nitrogens is 3. The molecule has 0 amide bonds. The topological polar surface area (TPSA) is 39.9 Å². The third-order valence-corrected chi connectivity index (χ3v) is 3.21. The van der Waals surface area contributed by atoms with Crippen LogP contribution in [0.15, 0.2) is 18.3 Å². The molecule has 0 aliphatic carbocycles. The van der Waals surface area contributed by atoms with Crippen molar-refractivity contribution in [3.05, 3.63) is 24.2 Å². The zero-order valence-electron chi connectivity index (χ0n) is 12.2. The van der Waals surface area contributed by atoms with Crippen LogP contribution in [0, 0.1) is 5.92 Å². The highest BCUT2D eigenvalue weighted by atomic mass is 35.5. The largest absolute Gasteiger partial charge is 0.381 e. The molecule has 0 N–H and O–H groups in total. The lowest BCUT2D eigenvalue weighted by Crippen LogP contribution is -2.09. The SMILES string of the molecule is CC(C)COCCCn1c(CCCl)nc2cccnc21. The monoisotopic (exact) mass is 295 g/mol. The van der Waals surface area contributed by atoms with E-state index in [9.17, 15) is 0 Å². The van der Waals surface area contributed by atoms with Gasteiger partial charge in [0.25, 0.3) is 0 Å². The number of nitrogens with zero attached hydrogens (tertiary/aromatic N) is 3. The van der Waals surface area contributed by atoms with Crippen LogP contribution in [0.25, 0.3) is 11.2 Å². The Morgan fingerprint density at radius 2 is 2.25 bits per heavy atom. The number of aryl methyl sites for hydroxylation is 2. The number of alkyl halides is 1. The molecule has 2 aromatic rings. The molecule has 0 radical (unpaired) electrons. The van der Waals surface area contributed by atoms with Crippen LogP contribution < -0.4 is 0 Å². The van der Waals surface area contributed by atoms with Crippen molar-refractivity contribution in [3.63, 3.8) is 0 Å². The van der Waals surface area contributed by atoms with Gasteiger partial charge in [0.05, 0.1) is 0 Å². The molecule has 2 rings (SSSR count). The Hall–Kier alpha value is -1.13. The summed E-state index contributed by atoms with van der Waals surface area (Å²) in [6.07, 6.45) is 3.54. The van der Waals surface area contributed by atoms with Crippen molar-refractivity contribution in [2.45, 2.75) is 33.2 Å². The number of pyridine rings is 1. The molecule has 0 aliphatic heterocycles. The first-order chi connectivity index (χ1) is 9.72. The van der Waals surface area contributed by atoms with Crippen LogP contribution in [0.1, 0.15) is 26.1 Å². The van der Waals surface area contributed by atoms with E-state index in [2.05, 4.69) is 28.4 Å². The van der Waals surface area contributed by atoms with E-state index in [-0.39, 0.29) is 0 Å². The summed E-state index contributed by atoms with van der Waals surface area (Å²) in [4.78, 5) is 9.03. The summed E-state index contributed by atoms with van der Waals surface area (Å²) in [7, 11) is 0. The van der Waals surface area contributed by atoms with Gasteiger partial charge in [0.2, 0.25) is 0 Å². The van der Waals surface area contributed by atoms with Crippen LogP contribution in [0.3, 0.4) is 0 Å².